The first-order valence-corrected chi connectivity index (χ1v) is 8.64. The molecule has 0 radical (unpaired) electrons. The molecule has 0 amide bonds. The lowest BCUT2D eigenvalue weighted by Crippen LogP contribution is -2.20. The fourth-order valence-electron chi connectivity index (χ4n) is 1.83. The van der Waals surface area contributed by atoms with Crippen molar-refractivity contribution in [2.75, 3.05) is 19.0 Å². The maximum atomic E-state index is 10.7. The highest BCUT2D eigenvalue weighted by Crippen LogP contribution is 2.24. The van der Waals surface area contributed by atoms with Crippen molar-refractivity contribution < 1.29 is 14.3 Å². The van der Waals surface area contributed by atoms with E-state index in [1.165, 1.54) is 0 Å². The Labute approximate surface area is 132 Å². The number of rotatable bonds is 14. The fourth-order valence-corrected chi connectivity index (χ4v) is 2.81. The molecule has 0 bridgehead atoms. The second-order valence-electron chi connectivity index (χ2n) is 4.49. The maximum Gasteiger partial charge on any atom is 0.166 e. The summed E-state index contributed by atoms with van der Waals surface area (Å²) in [6, 6.07) is 2.15. The van der Waals surface area contributed by atoms with Crippen molar-refractivity contribution in [3.63, 3.8) is 0 Å². The van der Waals surface area contributed by atoms with Crippen molar-refractivity contribution in [1.29, 1.82) is 5.26 Å². The second kappa shape index (κ2) is 15.6. The lowest BCUT2D eigenvalue weighted by Gasteiger charge is -2.17. The minimum Gasteiger partial charge on any atom is -0.352 e. The predicted molar refractivity (Wildman–Crippen MR) is 87.0 cm³/mol. The Hall–Kier alpha value is -0.830. The molecule has 0 aromatic rings. The van der Waals surface area contributed by atoms with Gasteiger partial charge in [-0.1, -0.05) is 12.8 Å². The van der Waals surface area contributed by atoms with E-state index in [-0.39, 0.29) is 6.29 Å². The van der Waals surface area contributed by atoms with Crippen LogP contribution in [0, 0.1) is 11.3 Å². The Kier molecular flexibility index (Phi) is 14.9. The molecule has 0 fully saturated rings. The predicted octanol–water partition coefficient (Wildman–Crippen LogP) is 4.07. The fraction of sp³-hybridized carbons (Fsp3) is 0.750. The average molecular weight is 313 g/mol. The first-order valence-electron chi connectivity index (χ1n) is 7.65. The van der Waals surface area contributed by atoms with Gasteiger partial charge >= 0.3 is 0 Å². The summed E-state index contributed by atoms with van der Waals surface area (Å²) in [6.07, 6.45) is 7.99. The van der Waals surface area contributed by atoms with Crippen LogP contribution in [0.2, 0.25) is 0 Å². The van der Waals surface area contributed by atoms with Gasteiger partial charge in [-0.3, -0.25) is 4.79 Å². The van der Waals surface area contributed by atoms with Crippen molar-refractivity contribution in [3.05, 3.63) is 11.0 Å². The number of carbonyl (C=O) groups excluding carboxylic acids is 1. The van der Waals surface area contributed by atoms with E-state index in [1.54, 1.807) is 17.8 Å². The van der Waals surface area contributed by atoms with Gasteiger partial charge in [0, 0.05) is 25.4 Å². The van der Waals surface area contributed by atoms with Crippen molar-refractivity contribution >= 4 is 18.0 Å². The molecule has 5 heteroatoms. The Bertz CT molecular complexity index is 320. The highest BCUT2D eigenvalue weighted by atomic mass is 32.2. The van der Waals surface area contributed by atoms with Crippen LogP contribution in [-0.2, 0) is 14.3 Å². The normalized spacial score (nSPS) is 11.6. The van der Waals surface area contributed by atoms with Gasteiger partial charge in [0.15, 0.2) is 6.29 Å². The number of thioether (sulfide) groups is 1. The van der Waals surface area contributed by atoms with Crippen molar-refractivity contribution in [1.82, 2.24) is 0 Å². The maximum absolute atomic E-state index is 10.7. The molecule has 120 valence electrons. The average Bonchev–Trinajstić information content (AvgIpc) is 2.48. The quantitative estimate of drug-likeness (QED) is 0.209. The summed E-state index contributed by atoms with van der Waals surface area (Å²) in [5.41, 5.74) is 0. The smallest absolute Gasteiger partial charge is 0.166 e. The molecule has 0 heterocycles. The highest BCUT2D eigenvalue weighted by Gasteiger charge is 2.09. The summed E-state index contributed by atoms with van der Waals surface area (Å²) in [4.78, 5) is 11.8. The van der Waals surface area contributed by atoms with E-state index in [0.29, 0.717) is 25.4 Å². The van der Waals surface area contributed by atoms with Gasteiger partial charge in [0.1, 0.15) is 6.29 Å². The number of ether oxygens (including phenoxy) is 2. The number of nitriles is 1. The minimum atomic E-state index is -0.212. The van der Waals surface area contributed by atoms with Crippen LogP contribution >= 0.6 is 11.8 Å². The van der Waals surface area contributed by atoms with Crippen molar-refractivity contribution in [3.8, 4) is 6.07 Å². The molecule has 0 saturated carbocycles. The van der Waals surface area contributed by atoms with Crippen LogP contribution in [0.4, 0.5) is 0 Å². The number of unbranched alkanes of at least 4 members (excludes halogenated alkanes) is 4. The molecule has 0 aliphatic heterocycles. The van der Waals surface area contributed by atoms with Crippen LogP contribution in [0.15, 0.2) is 11.0 Å². The molecule has 0 rings (SSSR count). The molecule has 21 heavy (non-hydrogen) atoms. The largest absolute Gasteiger partial charge is 0.352 e. The zero-order valence-corrected chi connectivity index (χ0v) is 14.0. The third-order valence-corrected chi connectivity index (χ3v) is 3.98. The first kappa shape index (κ1) is 20.2. The summed E-state index contributed by atoms with van der Waals surface area (Å²) in [5, 5.41) is 8.47. The number of hydrogen-bond acceptors (Lipinski definition) is 5. The number of carbonyl (C=O) groups is 1. The van der Waals surface area contributed by atoms with E-state index in [0.717, 1.165) is 43.3 Å². The summed E-state index contributed by atoms with van der Waals surface area (Å²) < 4.78 is 11.0. The molecule has 0 N–H and O–H groups in total. The molecule has 0 aromatic heterocycles. The molecular formula is C16H27NO3S. The van der Waals surface area contributed by atoms with E-state index >= 15 is 0 Å². The molecule has 0 aliphatic rings. The Morgan fingerprint density at radius 3 is 2.43 bits per heavy atom. The number of hydrogen-bond donors (Lipinski definition) is 0. The number of nitrogens with zero attached hydrogens (tertiary/aromatic N) is 1. The standard InChI is InChI=1S/C16H27NO3S/c1-3-19-16(20-4-2)14-21-15(11-13-18)10-8-6-5-7-9-12-17/h11,13,16H,3-10,14H2,1-2H3/b15-11-. The molecule has 0 aromatic carbocycles. The minimum absolute atomic E-state index is 0.212. The molecular weight excluding hydrogens is 286 g/mol. The molecule has 4 nitrogen and oxygen atoms in total. The van der Waals surface area contributed by atoms with Gasteiger partial charge in [-0.05, 0) is 44.1 Å². The van der Waals surface area contributed by atoms with E-state index in [1.807, 2.05) is 13.8 Å². The molecule has 0 unspecified atom stereocenters. The van der Waals surface area contributed by atoms with Gasteiger partial charge in [0.25, 0.3) is 0 Å². The molecule has 0 spiro atoms. The number of allylic oxidation sites excluding steroid dienone is 2. The zero-order chi connectivity index (χ0) is 15.8. The molecule has 0 atom stereocenters. The third-order valence-electron chi connectivity index (χ3n) is 2.83. The Balaban J connectivity index is 3.98. The Morgan fingerprint density at radius 1 is 1.19 bits per heavy atom. The second-order valence-corrected chi connectivity index (χ2v) is 5.64. The Morgan fingerprint density at radius 2 is 1.86 bits per heavy atom. The van der Waals surface area contributed by atoms with Crippen LogP contribution in [0.3, 0.4) is 0 Å². The van der Waals surface area contributed by atoms with E-state index in [4.69, 9.17) is 14.7 Å². The van der Waals surface area contributed by atoms with Crippen LogP contribution in [0.5, 0.6) is 0 Å². The summed E-state index contributed by atoms with van der Waals surface area (Å²) >= 11 is 1.63. The van der Waals surface area contributed by atoms with Gasteiger partial charge in [-0.25, -0.2) is 0 Å². The van der Waals surface area contributed by atoms with E-state index in [2.05, 4.69) is 6.07 Å². The summed E-state index contributed by atoms with van der Waals surface area (Å²) in [7, 11) is 0. The van der Waals surface area contributed by atoms with Gasteiger partial charge < -0.3 is 9.47 Å². The van der Waals surface area contributed by atoms with E-state index < -0.39 is 0 Å². The van der Waals surface area contributed by atoms with E-state index in [9.17, 15) is 4.79 Å². The van der Waals surface area contributed by atoms with Gasteiger partial charge in [-0.15, -0.1) is 11.8 Å². The summed E-state index contributed by atoms with van der Waals surface area (Å²) in [5.74, 6) is 0.704. The summed E-state index contributed by atoms with van der Waals surface area (Å²) in [6.45, 7) is 5.13. The monoisotopic (exact) mass is 313 g/mol. The first-order chi connectivity index (χ1) is 10.3. The van der Waals surface area contributed by atoms with Gasteiger partial charge in [-0.2, -0.15) is 5.26 Å². The highest BCUT2D eigenvalue weighted by molar-refractivity contribution is 8.03. The van der Waals surface area contributed by atoms with Crippen molar-refractivity contribution in [2.45, 2.75) is 58.7 Å². The van der Waals surface area contributed by atoms with Crippen molar-refractivity contribution in [2.24, 2.45) is 0 Å². The lowest BCUT2D eigenvalue weighted by atomic mass is 10.1. The SMILES string of the molecule is CCOC(CS/C(=C\C=O)CCCCCCC#N)OCC. The van der Waals surface area contributed by atoms with Gasteiger partial charge in [0.2, 0.25) is 0 Å². The van der Waals surface area contributed by atoms with Crippen LogP contribution < -0.4 is 0 Å². The zero-order valence-electron chi connectivity index (χ0n) is 13.2. The van der Waals surface area contributed by atoms with Gasteiger partial charge in [0.05, 0.1) is 6.07 Å². The van der Waals surface area contributed by atoms with Crippen LogP contribution in [-0.4, -0.2) is 31.5 Å². The lowest BCUT2D eigenvalue weighted by molar-refractivity contribution is -0.120. The van der Waals surface area contributed by atoms with Crippen LogP contribution in [0.1, 0.15) is 52.4 Å². The molecule has 0 saturated heterocycles. The topological polar surface area (TPSA) is 59.3 Å². The van der Waals surface area contributed by atoms with Crippen LogP contribution in [0.25, 0.3) is 0 Å². The molecule has 0 aliphatic carbocycles. The third kappa shape index (κ3) is 12.6. The number of aldehydes is 1.